The zero-order valence-corrected chi connectivity index (χ0v) is 30.1. The second kappa shape index (κ2) is 11.3. The molecule has 0 unspecified atom stereocenters. The van der Waals surface area contributed by atoms with Gasteiger partial charge in [0.1, 0.15) is 0 Å². The Labute approximate surface area is 278 Å². The maximum Gasteiger partial charge on any atom is 0.335 e. The van der Waals surface area contributed by atoms with Crippen LogP contribution in [0.15, 0.2) is 42.0 Å². The fraction of sp³-hybridized carbons (Fsp3) is 0.707. The molecule has 2 N–H and O–H groups in total. The lowest BCUT2D eigenvalue weighted by molar-refractivity contribution is -0.169. The zero-order chi connectivity index (χ0) is 33.4. The first-order chi connectivity index (χ1) is 21.5. The third-order valence-corrected chi connectivity index (χ3v) is 15.3. The van der Waals surface area contributed by atoms with Crippen LogP contribution < -0.4 is 5.32 Å². The number of hydrogen-bond donors (Lipinski definition) is 2. The molecule has 5 aliphatic rings. The highest BCUT2D eigenvalue weighted by molar-refractivity contribution is 5.88. The summed E-state index contributed by atoms with van der Waals surface area (Å²) in [6.07, 6.45) is 14.0. The van der Waals surface area contributed by atoms with Crippen molar-refractivity contribution >= 4 is 17.4 Å². The standard InChI is InChI=1S/C41H60N2O3/c1-26-16-21-41(36(46)42-24-25-43(8)9)23-22-39(6)31(34(41)27(26)2)14-15-33-38(5)19-17-30(28-10-12-29(13-11-28)35(44)45)37(3,4)32(38)18-20-40(33,39)7/h10-14,17,26-27,32-34H,15-16,18-25H2,1-9H3,(H,42,46)(H,44,45)/t26-,27+,32+,33-,34+,38+,39-,40-,41+/m1/s1. The molecule has 0 saturated heterocycles. The van der Waals surface area contributed by atoms with Crippen LogP contribution in [0.2, 0.25) is 0 Å². The lowest BCUT2D eigenvalue weighted by Gasteiger charge is -2.71. The molecular weight excluding hydrogens is 568 g/mol. The normalized spacial score (nSPS) is 41.2. The Morgan fingerprint density at radius 1 is 0.913 bits per heavy atom. The summed E-state index contributed by atoms with van der Waals surface area (Å²) in [6, 6.07) is 7.54. The molecule has 3 saturated carbocycles. The summed E-state index contributed by atoms with van der Waals surface area (Å²) in [5.41, 5.74) is 4.67. The first kappa shape index (κ1) is 33.5. The van der Waals surface area contributed by atoms with Crippen LogP contribution in [0.5, 0.6) is 0 Å². The molecular formula is C41H60N2O3. The summed E-state index contributed by atoms with van der Waals surface area (Å²) in [4.78, 5) is 27.9. The number of fused-ring (bicyclic) bond motifs is 7. The fourth-order valence-corrected chi connectivity index (χ4v) is 12.3. The number of nitrogens with one attached hydrogen (secondary N) is 1. The van der Waals surface area contributed by atoms with Gasteiger partial charge in [-0.05, 0) is 140 Å². The van der Waals surface area contributed by atoms with E-state index in [1.54, 1.807) is 17.7 Å². The number of carboxylic acid groups (broad SMARTS) is 1. The van der Waals surface area contributed by atoms with Crippen molar-refractivity contribution in [2.75, 3.05) is 27.2 Å². The predicted octanol–water partition coefficient (Wildman–Crippen LogP) is 8.71. The number of benzene rings is 1. The van der Waals surface area contributed by atoms with Gasteiger partial charge >= 0.3 is 5.97 Å². The van der Waals surface area contributed by atoms with Gasteiger partial charge in [-0.2, -0.15) is 0 Å². The number of nitrogens with zero attached hydrogens (tertiary/aromatic N) is 1. The summed E-state index contributed by atoms with van der Waals surface area (Å²) in [7, 11) is 4.15. The molecule has 0 bridgehead atoms. The molecule has 9 atom stereocenters. The average molecular weight is 629 g/mol. The quantitative estimate of drug-likeness (QED) is 0.309. The molecule has 1 amide bonds. The number of allylic oxidation sites excluding steroid dienone is 4. The van der Waals surface area contributed by atoms with Gasteiger partial charge in [0.25, 0.3) is 0 Å². The van der Waals surface area contributed by atoms with Crippen molar-refractivity contribution in [3.63, 3.8) is 0 Å². The number of hydrogen-bond acceptors (Lipinski definition) is 3. The van der Waals surface area contributed by atoms with Crippen LogP contribution >= 0.6 is 0 Å². The van der Waals surface area contributed by atoms with E-state index in [0.717, 1.165) is 57.2 Å². The number of likely N-dealkylation sites (N-methyl/N-ethyl adjacent to an activating group) is 1. The Bertz CT molecular complexity index is 1440. The lowest BCUT2D eigenvalue weighted by atomic mass is 9.33. The highest BCUT2D eigenvalue weighted by atomic mass is 16.4. The molecule has 0 aliphatic heterocycles. The topological polar surface area (TPSA) is 69.6 Å². The Hall–Kier alpha value is -2.40. The summed E-state index contributed by atoms with van der Waals surface area (Å²) in [5, 5.41) is 12.9. The summed E-state index contributed by atoms with van der Waals surface area (Å²) >= 11 is 0. The van der Waals surface area contributed by atoms with Gasteiger partial charge in [0.05, 0.1) is 11.0 Å². The van der Waals surface area contributed by atoms with E-state index in [1.165, 1.54) is 18.4 Å². The number of carbonyl (C=O) groups is 2. The molecule has 1 aromatic carbocycles. The van der Waals surface area contributed by atoms with Crippen molar-refractivity contribution in [3.8, 4) is 0 Å². The molecule has 5 aliphatic carbocycles. The van der Waals surface area contributed by atoms with Crippen LogP contribution in [0.1, 0.15) is 116 Å². The van der Waals surface area contributed by atoms with E-state index in [1.807, 2.05) is 12.1 Å². The molecule has 1 aromatic rings. The van der Waals surface area contributed by atoms with Crippen LogP contribution in [0.25, 0.3) is 5.57 Å². The Kier molecular flexibility index (Phi) is 8.26. The second-order valence-corrected chi connectivity index (χ2v) is 17.8. The number of carbonyl (C=O) groups excluding carboxylic acids is 1. The van der Waals surface area contributed by atoms with E-state index in [4.69, 9.17) is 0 Å². The molecule has 5 heteroatoms. The number of rotatable bonds is 6. The van der Waals surface area contributed by atoms with Crippen LogP contribution in [0.4, 0.5) is 0 Å². The number of aromatic carboxylic acids is 1. The first-order valence-corrected chi connectivity index (χ1v) is 18.2. The number of carboxylic acids is 1. The Balaban J connectivity index is 1.36. The van der Waals surface area contributed by atoms with Gasteiger partial charge in [-0.3, -0.25) is 4.79 Å². The molecule has 3 fully saturated rings. The van der Waals surface area contributed by atoms with E-state index in [9.17, 15) is 14.7 Å². The van der Waals surface area contributed by atoms with Gasteiger partial charge in [0.15, 0.2) is 0 Å². The van der Waals surface area contributed by atoms with Crippen molar-refractivity contribution in [1.82, 2.24) is 10.2 Å². The highest BCUT2D eigenvalue weighted by Gasteiger charge is 2.69. The monoisotopic (exact) mass is 628 g/mol. The van der Waals surface area contributed by atoms with Gasteiger partial charge in [-0.1, -0.05) is 78.3 Å². The molecule has 6 rings (SSSR count). The SMILES string of the molecule is C[C@H]1[C@H](C)CC[C@]2(C(=O)NCCN(C)C)CC[C@]3(C)C(=CC[C@@H]4[C@@]5(C)CC=C(c6ccc(C(=O)O)cc6)C(C)(C)[C@@H]5CC[C@]43C)[C@H]12. The Morgan fingerprint density at radius 3 is 2.26 bits per heavy atom. The fourth-order valence-electron chi connectivity index (χ4n) is 12.3. The molecule has 5 nitrogen and oxygen atoms in total. The van der Waals surface area contributed by atoms with Crippen LogP contribution in [-0.2, 0) is 4.79 Å². The van der Waals surface area contributed by atoms with E-state index < -0.39 is 5.97 Å². The first-order valence-electron chi connectivity index (χ1n) is 18.2. The molecule has 0 spiro atoms. The summed E-state index contributed by atoms with van der Waals surface area (Å²) < 4.78 is 0. The van der Waals surface area contributed by atoms with Crippen molar-refractivity contribution in [2.24, 2.45) is 56.7 Å². The third kappa shape index (κ3) is 4.71. The Morgan fingerprint density at radius 2 is 1.61 bits per heavy atom. The lowest BCUT2D eigenvalue weighted by Crippen LogP contribution is -2.65. The molecule has 0 radical (unpaired) electrons. The van der Waals surface area contributed by atoms with Crippen molar-refractivity contribution < 1.29 is 14.7 Å². The minimum absolute atomic E-state index is 0.0103. The van der Waals surface area contributed by atoms with Crippen LogP contribution in [-0.4, -0.2) is 49.1 Å². The molecule has 46 heavy (non-hydrogen) atoms. The van der Waals surface area contributed by atoms with Gasteiger partial charge in [-0.25, -0.2) is 4.79 Å². The molecule has 252 valence electrons. The van der Waals surface area contributed by atoms with Crippen molar-refractivity contribution in [2.45, 2.75) is 99.8 Å². The zero-order valence-electron chi connectivity index (χ0n) is 30.1. The van der Waals surface area contributed by atoms with Crippen molar-refractivity contribution in [1.29, 1.82) is 0 Å². The van der Waals surface area contributed by atoms with E-state index >= 15 is 0 Å². The summed E-state index contributed by atoms with van der Waals surface area (Å²) in [6.45, 7) is 19.2. The maximum atomic E-state index is 14.2. The second-order valence-electron chi connectivity index (χ2n) is 17.8. The van der Waals surface area contributed by atoms with Gasteiger partial charge < -0.3 is 15.3 Å². The number of amides is 1. The molecule has 0 aromatic heterocycles. The maximum absolute atomic E-state index is 14.2. The highest BCUT2D eigenvalue weighted by Crippen LogP contribution is 2.76. The predicted molar refractivity (Wildman–Crippen MR) is 187 cm³/mol. The van der Waals surface area contributed by atoms with Crippen LogP contribution in [0, 0.1) is 56.7 Å². The molecule has 0 heterocycles. The van der Waals surface area contributed by atoms with Crippen molar-refractivity contribution in [3.05, 3.63) is 53.1 Å². The van der Waals surface area contributed by atoms with Crippen LogP contribution in [0.3, 0.4) is 0 Å². The van der Waals surface area contributed by atoms with Gasteiger partial charge in [-0.15, -0.1) is 0 Å². The largest absolute Gasteiger partial charge is 0.478 e. The third-order valence-electron chi connectivity index (χ3n) is 15.3. The minimum Gasteiger partial charge on any atom is -0.478 e. The van der Waals surface area contributed by atoms with Gasteiger partial charge in [0.2, 0.25) is 5.91 Å². The van der Waals surface area contributed by atoms with Gasteiger partial charge in [0, 0.05) is 13.1 Å². The average Bonchev–Trinajstić information content (AvgIpc) is 2.99. The summed E-state index contributed by atoms with van der Waals surface area (Å²) in [5.74, 6) is 2.02. The minimum atomic E-state index is -0.872. The van der Waals surface area contributed by atoms with E-state index in [0.29, 0.717) is 41.1 Å². The van der Waals surface area contributed by atoms with E-state index in [2.05, 4.69) is 84.9 Å². The van der Waals surface area contributed by atoms with E-state index in [-0.39, 0.29) is 27.1 Å². The smallest absolute Gasteiger partial charge is 0.335 e.